The number of aromatic nitrogens is 3. The molecular weight excluding hydrogens is 224 g/mol. The van der Waals surface area contributed by atoms with Crippen LogP contribution in [0.4, 0.5) is 0 Å². The smallest absolute Gasteiger partial charge is 0.138 e. The molecule has 0 aromatic carbocycles. The molecule has 3 unspecified atom stereocenters. The Kier molecular flexibility index (Phi) is 3.14. The van der Waals surface area contributed by atoms with Crippen LogP contribution in [-0.4, -0.2) is 21.3 Å². The maximum atomic E-state index is 6.14. The Morgan fingerprint density at radius 2 is 2.39 bits per heavy atom. The summed E-state index contributed by atoms with van der Waals surface area (Å²) >= 11 is 0. The summed E-state index contributed by atoms with van der Waals surface area (Å²) in [5, 5.41) is 4.34. The summed E-state index contributed by atoms with van der Waals surface area (Å²) in [5.41, 5.74) is 6.46. The number of hydrogen-bond acceptors (Lipinski definition) is 3. The van der Waals surface area contributed by atoms with Crippen molar-refractivity contribution in [1.29, 1.82) is 0 Å². The zero-order valence-corrected chi connectivity index (χ0v) is 11.3. The lowest BCUT2D eigenvalue weighted by Crippen LogP contribution is -2.38. The van der Waals surface area contributed by atoms with E-state index in [0.29, 0.717) is 5.41 Å². The van der Waals surface area contributed by atoms with E-state index >= 15 is 0 Å². The molecule has 4 nitrogen and oxygen atoms in total. The highest BCUT2D eigenvalue weighted by atomic mass is 15.3. The third kappa shape index (κ3) is 1.87. The van der Waals surface area contributed by atoms with E-state index in [-0.39, 0.29) is 0 Å². The Hall–Kier alpha value is -0.900. The van der Waals surface area contributed by atoms with E-state index in [1.165, 1.54) is 25.7 Å². The molecule has 2 bridgehead atoms. The zero-order chi connectivity index (χ0) is 12.6. The molecule has 1 heterocycles. The molecule has 2 saturated carbocycles. The molecule has 3 rings (SSSR count). The maximum Gasteiger partial charge on any atom is 0.138 e. The van der Waals surface area contributed by atoms with Gasteiger partial charge in [0.2, 0.25) is 0 Å². The van der Waals surface area contributed by atoms with Gasteiger partial charge < -0.3 is 5.73 Å². The van der Waals surface area contributed by atoms with E-state index in [2.05, 4.69) is 21.7 Å². The fourth-order valence-corrected chi connectivity index (χ4v) is 4.24. The van der Waals surface area contributed by atoms with Crippen LogP contribution in [-0.2, 0) is 13.0 Å². The molecule has 1 aromatic rings. The molecule has 18 heavy (non-hydrogen) atoms. The number of nitrogens with two attached hydrogens (primary N) is 1. The molecule has 0 spiro atoms. The second-order valence-electron chi connectivity index (χ2n) is 6.22. The highest BCUT2D eigenvalue weighted by molar-refractivity contribution is 5.06. The summed E-state index contributed by atoms with van der Waals surface area (Å²) in [6.07, 6.45) is 9.36. The lowest BCUT2D eigenvalue weighted by molar-refractivity contribution is 0.165. The molecule has 100 valence electrons. The zero-order valence-electron chi connectivity index (χ0n) is 11.3. The first kappa shape index (κ1) is 12.2. The van der Waals surface area contributed by atoms with Gasteiger partial charge >= 0.3 is 0 Å². The number of fused-ring (bicyclic) bond motifs is 2. The number of rotatable bonds is 5. The standard InChI is InChI=1S/C14H24N4/c1-2-5-18-13(16-10-17-18)8-14(9-15)7-11-3-4-12(14)6-11/h10-12H,2-9,15H2,1H3. The van der Waals surface area contributed by atoms with Crippen molar-refractivity contribution in [2.24, 2.45) is 23.0 Å². The molecule has 2 aliphatic rings. The van der Waals surface area contributed by atoms with Crippen molar-refractivity contribution in [3.63, 3.8) is 0 Å². The minimum atomic E-state index is 0.321. The summed E-state index contributed by atoms with van der Waals surface area (Å²) in [4.78, 5) is 4.47. The first-order valence-electron chi connectivity index (χ1n) is 7.34. The van der Waals surface area contributed by atoms with Gasteiger partial charge in [0.15, 0.2) is 0 Å². The summed E-state index contributed by atoms with van der Waals surface area (Å²) in [7, 11) is 0. The van der Waals surface area contributed by atoms with Crippen LogP contribution in [0, 0.1) is 17.3 Å². The SMILES string of the molecule is CCCn1ncnc1CC1(CN)CC2CCC1C2. The maximum absolute atomic E-state index is 6.14. The van der Waals surface area contributed by atoms with Crippen molar-refractivity contribution >= 4 is 0 Å². The third-order valence-electron chi connectivity index (χ3n) is 5.15. The summed E-state index contributed by atoms with van der Waals surface area (Å²) in [6, 6.07) is 0. The second kappa shape index (κ2) is 4.65. The molecule has 0 saturated heterocycles. The van der Waals surface area contributed by atoms with Crippen LogP contribution in [0.2, 0.25) is 0 Å². The molecule has 3 atom stereocenters. The van der Waals surface area contributed by atoms with Gasteiger partial charge in [-0.05, 0) is 49.5 Å². The van der Waals surface area contributed by atoms with Gasteiger partial charge in [0.1, 0.15) is 12.2 Å². The van der Waals surface area contributed by atoms with Crippen LogP contribution >= 0.6 is 0 Å². The molecule has 2 aliphatic carbocycles. The van der Waals surface area contributed by atoms with Crippen molar-refractivity contribution in [2.75, 3.05) is 6.54 Å². The van der Waals surface area contributed by atoms with Gasteiger partial charge in [-0.25, -0.2) is 4.98 Å². The predicted octanol–water partition coefficient (Wildman–Crippen LogP) is 2.00. The van der Waals surface area contributed by atoms with E-state index in [0.717, 1.165) is 43.6 Å². The monoisotopic (exact) mass is 248 g/mol. The molecular formula is C14H24N4. The van der Waals surface area contributed by atoms with Gasteiger partial charge in [0, 0.05) is 13.0 Å². The van der Waals surface area contributed by atoms with E-state index in [1.54, 1.807) is 6.33 Å². The van der Waals surface area contributed by atoms with E-state index in [1.807, 2.05) is 0 Å². The van der Waals surface area contributed by atoms with Crippen molar-refractivity contribution in [3.05, 3.63) is 12.2 Å². The van der Waals surface area contributed by atoms with Crippen LogP contribution in [0.15, 0.2) is 6.33 Å². The van der Waals surface area contributed by atoms with E-state index in [4.69, 9.17) is 5.73 Å². The van der Waals surface area contributed by atoms with Gasteiger partial charge in [-0.2, -0.15) is 5.10 Å². The Bertz CT molecular complexity index is 414. The van der Waals surface area contributed by atoms with Crippen LogP contribution in [0.1, 0.15) is 44.9 Å². The summed E-state index contributed by atoms with van der Waals surface area (Å²) < 4.78 is 2.07. The highest BCUT2D eigenvalue weighted by Crippen LogP contribution is 2.56. The topological polar surface area (TPSA) is 56.7 Å². The third-order valence-corrected chi connectivity index (χ3v) is 5.15. The van der Waals surface area contributed by atoms with Crippen molar-refractivity contribution in [3.8, 4) is 0 Å². The molecule has 4 heteroatoms. The molecule has 2 N–H and O–H groups in total. The minimum absolute atomic E-state index is 0.321. The Balaban J connectivity index is 1.79. The Morgan fingerprint density at radius 1 is 1.50 bits per heavy atom. The van der Waals surface area contributed by atoms with E-state index in [9.17, 15) is 0 Å². The van der Waals surface area contributed by atoms with Crippen LogP contribution in [0.25, 0.3) is 0 Å². The number of hydrogen-bond donors (Lipinski definition) is 1. The fourth-order valence-electron chi connectivity index (χ4n) is 4.24. The lowest BCUT2D eigenvalue weighted by atomic mass is 9.70. The second-order valence-corrected chi connectivity index (χ2v) is 6.22. The summed E-state index contributed by atoms with van der Waals surface area (Å²) in [5.74, 6) is 2.91. The van der Waals surface area contributed by atoms with E-state index < -0.39 is 0 Å². The molecule has 0 radical (unpaired) electrons. The minimum Gasteiger partial charge on any atom is -0.330 e. The molecule has 2 fully saturated rings. The molecule has 0 aliphatic heterocycles. The highest BCUT2D eigenvalue weighted by Gasteiger charge is 2.50. The number of aryl methyl sites for hydroxylation is 1. The van der Waals surface area contributed by atoms with Crippen LogP contribution in [0.3, 0.4) is 0 Å². The summed E-state index contributed by atoms with van der Waals surface area (Å²) in [6.45, 7) is 3.97. The lowest BCUT2D eigenvalue weighted by Gasteiger charge is -2.36. The first-order chi connectivity index (χ1) is 8.77. The van der Waals surface area contributed by atoms with Gasteiger partial charge in [-0.3, -0.25) is 4.68 Å². The Morgan fingerprint density at radius 3 is 3.00 bits per heavy atom. The van der Waals surface area contributed by atoms with Gasteiger partial charge in [0.25, 0.3) is 0 Å². The van der Waals surface area contributed by atoms with Gasteiger partial charge in [-0.15, -0.1) is 0 Å². The average molecular weight is 248 g/mol. The van der Waals surface area contributed by atoms with Crippen molar-refractivity contribution < 1.29 is 0 Å². The fraction of sp³-hybridized carbons (Fsp3) is 0.857. The van der Waals surface area contributed by atoms with Gasteiger partial charge in [0.05, 0.1) is 0 Å². The van der Waals surface area contributed by atoms with Crippen molar-refractivity contribution in [1.82, 2.24) is 14.8 Å². The predicted molar refractivity (Wildman–Crippen MR) is 71.0 cm³/mol. The van der Waals surface area contributed by atoms with Crippen LogP contribution in [0.5, 0.6) is 0 Å². The molecule has 0 amide bonds. The molecule has 1 aromatic heterocycles. The first-order valence-corrected chi connectivity index (χ1v) is 7.34. The average Bonchev–Trinajstić information content (AvgIpc) is 3.07. The Labute approximate surface area is 109 Å². The number of nitrogens with zero attached hydrogens (tertiary/aromatic N) is 3. The largest absolute Gasteiger partial charge is 0.330 e. The normalized spacial score (nSPS) is 34.3. The van der Waals surface area contributed by atoms with Crippen molar-refractivity contribution in [2.45, 2.75) is 52.0 Å². The van der Waals surface area contributed by atoms with Gasteiger partial charge in [-0.1, -0.05) is 13.3 Å². The quantitative estimate of drug-likeness (QED) is 0.867. The van der Waals surface area contributed by atoms with Crippen LogP contribution < -0.4 is 5.73 Å².